The van der Waals surface area contributed by atoms with E-state index in [-0.39, 0.29) is 23.5 Å². The number of carbonyl (C=O) groups excluding carboxylic acids is 1. The van der Waals surface area contributed by atoms with Crippen molar-refractivity contribution in [3.8, 4) is 0 Å². The van der Waals surface area contributed by atoms with Gasteiger partial charge >= 0.3 is 0 Å². The molecule has 28 heavy (non-hydrogen) atoms. The van der Waals surface area contributed by atoms with Gasteiger partial charge in [-0.25, -0.2) is 8.42 Å². The Bertz CT molecular complexity index is 705. The predicted molar refractivity (Wildman–Crippen MR) is 107 cm³/mol. The molecule has 156 valence electrons. The lowest BCUT2D eigenvalue weighted by atomic mass is 10.0. The molecule has 8 heteroatoms. The quantitative estimate of drug-likeness (QED) is 0.615. The Morgan fingerprint density at radius 3 is 2.68 bits per heavy atom. The van der Waals surface area contributed by atoms with Gasteiger partial charge < -0.3 is 14.8 Å². The third kappa shape index (κ3) is 6.27. The van der Waals surface area contributed by atoms with E-state index >= 15 is 0 Å². The molecule has 0 spiro atoms. The molecule has 0 radical (unpaired) electrons. The van der Waals surface area contributed by atoms with E-state index in [0.29, 0.717) is 32.8 Å². The van der Waals surface area contributed by atoms with Crippen LogP contribution in [-0.4, -0.2) is 76.3 Å². The monoisotopic (exact) mass is 410 g/mol. The molecular weight excluding hydrogens is 380 g/mol. The van der Waals surface area contributed by atoms with Crippen LogP contribution in [-0.2, 0) is 24.1 Å². The van der Waals surface area contributed by atoms with Gasteiger partial charge in [0.25, 0.3) is 0 Å². The topological polar surface area (TPSA) is 84.9 Å². The fraction of sp³-hybridized carbons (Fsp3) is 0.650. The molecule has 1 aromatic rings. The minimum atomic E-state index is -2.99. The molecule has 2 aliphatic rings. The summed E-state index contributed by atoms with van der Waals surface area (Å²) in [5.41, 5.74) is 0.883. The lowest BCUT2D eigenvalue weighted by molar-refractivity contribution is -0.126. The first kappa shape index (κ1) is 21.2. The van der Waals surface area contributed by atoms with Crippen molar-refractivity contribution in [1.29, 1.82) is 0 Å². The average Bonchev–Trinajstić information content (AvgIpc) is 3.20. The van der Waals surface area contributed by atoms with Crippen LogP contribution < -0.4 is 5.32 Å². The van der Waals surface area contributed by atoms with Crippen LogP contribution in [0.2, 0.25) is 0 Å². The molecule has 2 heterocycles. The van der Waals surface area contributed by atoms with Crippen molar-refractivity contribution < 1.29 is 22.7 Å². The smallest absolute Gasteiger partial charge is 0.241 e. The Balaban J connectivity index is 1.48. The van der Waals surface area contributed by atoms with Crippen molar-refractivity contribution in [2.75, 3.05) is 51.0 Å². The van der Waals surface area contributed by atoms with E-state index < -0.39 is 15.9 Å². The predicted octanol–water partition coefficient (Wildman–Crippen LogP) is 1.16. The van der Waals surface area contributed by atoms with Crippen LogP contribution in [0.3, 0.4) is 0 Å². The Labute approximate surface area is 167 Å². The highest BCUT2D eigenvalue weighted by atomic mass is 32.2. The van der Waals surface area contributed by atoms with Gasteiger partial charge in [-0.2, -0.15) is 0 Å². The number of carbonyl (C=O) groups is 1. The van der Waals surface area contributed by atoms with Crippen LogP contribution >= 0.6 is 0 Å². The number of sulfone groups is 1. The van der Waals surface area contributed by atoms with Crippen LogP contribution in [0.25, 0.3) is 0 Å². The number of hydrogen-bond acceptors (Lipinski definition) is 6. The highest BCUT2D eigenvalue weighted by molar-refractivity contribution is 7.91. The van der Waals surface area contributed by atoms with Gasteiger partial charge in [-0.1, -0.05) is 30.3 Å². The highest BCUT2D eigenvalue weighted by Crippen LogP contribution is 2.23. The lowest BCUT2D eigenvalue weighted by Gasteiger charge is -2.33. The molecule has 2 atom stereocenters. The van der Waals surface area contributed by atoms with Gasteiger partial charge in [0, 0.05) is 32.8 Å². The van der Waals surface area contributed by atoms with Crippen LogP contribution in [0.4, 0.5) is 0 Å². The zero-order chi connectivity index (χ0) is 19.8. The van der Waals surface area contributed by atoms with E-state index in [4.69, 9.17) is 9.47 Å². The number of nitrogens with one attached hydrogen (secondary N) is 1. The lowest BCUT2D eigenvalue weighted by Crippen LogP contribution is -2.47. The maximum absolute atomic E-state index is 12.9. The molecule has 2 aliphatic heterocycles. The maximum Gasteiger partial charge on any atom is 0.241 e. The standard InChI is InChI=1S/C20H30N2O5S/c23-20(21-9-5-12-26-16-18-8-4-13-27-18)19(17-6-2-1-3-7-17)22-10-14-28(24,25)15-11-22/h1-3,6-7,18-19H,4-5,8-16H2,(H,21,23). The first-order valence-corrected chi connectivity index (χ1v) is 11.8. The van der Waals surface area contributed by atoms with Gasteiger partial charge in [0.05, 0.1) is 24.2 Å². The van der Waals surface area contributed by atoms with Crippen LogP contribution in [0.15, 0.2) is 30.3 Å². The van der Waals surface area contributed by atoms with Crippen molar-refractivity contribution in [3.05, 3.63) is 35.9 Å². The molecule has 1 amide bonds. The summed E-state index contributed by atoms with van der Waals surface area (Å²) in [6, 6.07) is 9.06. The summed E-state index contributed by atoms with van der Waals surface area (Å²) >= 11 is 0. The molecule has 3 rings (SSSR count). The summed E-state index contributed by atoms with van der Waals surface area (Å²) < 4.78 is 34.6. The third-order valence-electron chi connectivity index (χ3n) is 5.20. The molecule has 2 fully saturated rings. The number of hydrogen-bond donors (Lipinski definition) is 1. The third-order valence-corrected chi connectivity index (χ3v) is 6.81. The normalized spacial score (nSPS) is 23.4. The Hall–Kier alpha value is -1.48. The molecule has 1 N–H and O–H groups in total. The summed E-state index contributed by atoms with van der Waals surface area (Å²) in [6.07, 6.45) is 3.10. The van der Waals surface area contributed by atoms with Crippen molar-refractivity contribution in [3.63, 3.8) is 0 Å². The van der Waals surface area contributed by atoms with E-state index in [2.05, 4.69) is 5.32 Å². The second kappa shape index (κ2) is 10.3. The number of benzene rings is 1. The molecule has 2 saturated heterocycles. The molecule has 0 saturated carbocycles. The molecule has 2 unspecified atom stereocenters. The summed E-state index contributed by atoms with van der Waals surface area (Å²) in [7, 11) is -2.99. The maximum atomic E-state index is 12.9. The Morgan fingerprint density at radius 2 is 2.00 bits per heavy atom. The summed E-state index contributed by atoms with van der Waals surface area (Å²) in [4.78, 5) is 14.8. The fourth-order valence-electron chi connectivity index (χ4n) is 3.62. The molecule has 7 nitrogen and oxygen atoms in total. The van der Waals surface area contributed by atoms with E-state index in [9.17, 15) is 13.2 Å². The van der Waals surface area contributed by atoms with Gasteiger partial charge in [0.1, 0.15) is 6.04 Å². The van der Waals surface area contributed by atoms with Crippen LogP contribution in [0.1, 0.15) is 30.9 Å². The van der Waals surface area contributed by atoms with Gasteiger partial charge in [-0.3, -0.25) is 9.69 Å². The molecular formula is C20H30N2O5S. The summed E-state index contributed by atoms with van der Waals surface area (Å²) in [5.74, 6) is 0.103. The number of nitrogens with zero attached hydrogens (tertiary/aromatic N) is 1. The molecule has 1 aromatic carbocycles. The second-order valence-corrected chi connectivity index (χ2v) is 9.66. The fourth-order valence-corrected chi connectivity index (χ4v) is 4.85. The first-order valence-electron chi connectivity index (χ1n) is 10.0. The zero-order valence-corrected chi connectivity index (χ0v) is 17.0. The van der Waals surface area contributed by atoms with E-state index in [1.807, 2.05) is 35.2 Å². The largest absolute Gasteiger partial charge is 0.379 e. The second-order valence-electron chi connectivity index (χ2n) is 7.36. The van der Waals surface area contributed by atoms with Crippen LogP contribution in [0.5, 0.6) is 0 Å². The van der Waals surface area contributed by atoms with E-state index in [1.165, 1.54) is 0 Å². The van der Waals surface area contributed by atoms with Gasteiger partial charge in [-0.15, -0.1) is 0 Å². The minimum Gasteiger partial charge on any atom is -0.379 e. The van der Waals surface area contributed by atoms with Gasteiger partial charge in [0.15, 0.2) is 9.84 Å². The van der Waals surface area contributed by atoms with Gasteiger partial charge in [-0.05, 0) is 24.8 Å². The van der Waals surface area contributed by atoms with Gasteiger partial charge in [0.2, 0.25) is 5.91 Å². The highest BCUT2D eigenvalue weighted by Gasteiger charge is 2.32. The van der Waals surface area contributed by atoms with Crippen molar-refractivity contribution in [1.82, 2.24) is 10.2 Å². The number of amides is 1. The minimum absolute atomic E-state index is 0.0929. The molecule has 0 aliphatic carbocycles. The Kier molecular flexibility index (Phi) is 7.84. The van der Waals surface area contributed by atoms with Crippen LogP contribution in [0, 0.1) is 0 Å². The van der Waals surface area contributed by atoms with E-state index in [1.54, 1.807) is 0 Å². The van der Waals surface area contributed by atoms with Crippen molar-refractivity contribution in [2.24, 2.45) is 0 Å². The SMILES string of the molecule is O=C(NCCCOCC1CCCO1)C(c1ccccc1)N1CCS(=O)(=O)CC1. The number of ether oxygens (including phenoxy) is 2. The van der Waals surface area contributed by atoms with Crippen molar-refractivity contribution in [2.45, 2.75) is 31.4 Å². The molecule has 0 bridgehead atoms. The van der Waals surface area contributed by atoms with E-state index in [0.717, 1.165) is 31.4 Å². The number of rotatable bonds is 9. The summed E-state index contributed by atoms with van der Waals surface area (Å²) in [5, 5.41) is 2.99. The average molecular weight is 411 g/mol. The zero-order valence-electron chi connectivity index (χ0n) is 16.2. The Morgan fingerprint density at radius 1 is 1.25 bits per heavy atom. The summed E-state index contributed by atoms with van der Waals surface area (Å²) in [6.45, 7) is 3.29. The first-order chi connectivity index (χ1) is 13.6. The molecule has 0 aromatic heterocycles. The van der Waals surface area contributed by atoms with Crippen molar-refractivity contribution >= 4 is 15.7 Å².